The molecule has 0 aliphatic rings. The van der Waals surface area contributed by atoms with E-state index in [1.54, 1.807) is 4.72 Å². The van der Waals surface area contributed by atoms with Crippen LogP contribution in [0.4, 0.5) is 28.9 Å². The number of hydrogen-bond acceptors (Lipinski definition) is 3. The molecule has 0 fully saturated rings. The van der Waals surface area contributed by atoms with E-state index >= 15 is 0 Å². The van der Waals surface area contributed by atoms with Gasteiger partial charge in [0.2, 0.25) is 0 Å². The lowest BCUT2D eigenvalue weighted by molar-refractivity contribution is 0.554. The van der Waals surface area contributed by atoms with Gasteiger partial charge in [0.05, 0.1) is 5.69 Å². The van der Waals surface area contributed by atoms with Crippen LogP contribution in [-0.2, 0) is 10.0 Å². The van der Waals surface area contributed by atoms with Crippen molar-refractivity contribution in [1.29, 1.82) is 0 Å². The molecule has 3 N–H and O–H groups in total. The fraction of sp³-hybridized carbons (Fsp3) is 0. The Kier molecular flexibility index (Phi) is 3.77. The van der Waals surface area contributed by atoms with Crippen molar-refractivity contribution in [3.8, 4) is 0 Å². The van der Waals surface area contributed by atoms with Crippen LogP contribution in [0.3, 0.4) is 0 Å². The molecule has 0 saturated heterocycles. The molecule has 0 spiro atoms. The van der Waals surface area contributed by atoms with E-state index in [4.69, 9.17) is 5.73 Å². The molecule has 0 amide bonds. The van der Waals surface area contributed by atoms with Gasteiger partial charge in [-0.1, -0.05) is 0 Å². The highest BCUT2D eigenvalue weighted by atomic mass is 32.2. The van der Waals surface area contributed by atoms with E-state index < -0.39 is 49.6 Å². The van der Waals surface area contributed by atoms with Crippen LogP contribution in [0, 0.1) is 23.3 Å². The third-order valence-corrected chi connectivity index (χ3v) is 3.87. The topological polar surface area (TPSA) is 72.2 Å². The molecule has 0 heterocycles. The molecule has 0 saturated carbocycles. The second-order valence-corrected chi connectivity index (χ2v) is 5.68. The number of benzene rings is 2. The molecule has 21 heavy (non-hydrogen) atoms. The highest BCUT2D eigenvalue weighted by molar-refractivity contribution is 7.92. The Balaban J connectivity index is 2.50. The molecule has 0 aliphatic heterocycles. The van der Waals surface area contributed by atoms with Crippen molar-refractivity contribution < 1.29 is 26.0 Å². The summed E-state index contributed by atoms with van der Waals surface area (Å²) in [5.74, 6) is -4.52. The summed E-state index contributed by atoms with van der Waals surface area (Å²) in [6, 6.07) is 2.84. The Labute approximate surface area is 117 Å². The molecule has 0 aromatic heterocycles. The van der Waals surface area contributed by atoms with E-state index in [0.717, 1.165) is 6.07 Å². The van der Waals surface area contributed by atoms with Crippen LogP contribution in [0.15, 0.2) is 35.2 Å². The predicted octanol–water partition coefficient (Wildman–Crippen LogP) is 2.63. The van der Waals surface area contributed by atoms with Crippen molar-refractivity contribution in [1.82, 2.24) is 0 Å². The minimum Gasteiger partial charge on any atom is -0.397 e. The minimum absolute atomic E-state index is 0.399. The molecule has 4 nitrogen and oxygen atoms in total. The molecule has 0 bridgehead atoms. The third kappa shape index (κ3) is 3.07. The van der Waals surface area contributed by atoms with Crippen LogP contribution in [0.25, 0.3) is 0 Å². The van der Waals surface area contributed by atoms with Gasteiger partial charge in [0.1, 0.15) is 28.0 Å². The van der Waals surface area contributed by atoms with Gasteiger partial charge < -0.3 is 5.73 Å². The van der Waals surface area contributed by atoms with Crippen LogP contribution in [0.2, 0.25) is 0 Å². The largest absolute Gasteiger partial charge is 0.397 e. The van der Waals surface area contributed by atoms with Crippen LogP contribution >= 0.6 is 0 Å². The van der Waals surface area contributed by atoms with Gasteiger partial charge in [-0.15, -0.1) is 0 Å². The van der Waals surface area contributed by atoms with Crippen LogP contribution in [0.1, 0.15) is 0 Å². The summed E-state index contributed by atoms with van der Waals surface area (Å²) in [4.78, 5) is -1.02. The van der Waals surface area contributed by atoms with Gasteiger partial charge in [0, 0.05) is 6.07 Å². The van der Waals surface area contributed by atoms with Crippen LogP contribution in [-0.4, -0.2) is 8.42 Å². The summed E-state index contributed by atoms with van der Waals surface area (Å²) >= 11 is 0. The van der Waals surface area contributed by atoms with E-state index in [2.05, 4.69) is 0 Å². The number of nitrogens with two attached hydrogens (primary N) is 1. The van der Waals surface area contributed by atoms with Gasteiger partial charge in [-0.3, -0.25) is 4.72 Å². The number of rotatable bonds is 3. The normalized spacial score (nSPS) is 11.4. The van der Waals surface area contributed by atoms with E-state index in [1.807, 2.05) is 0 Å². The summed E-state index contributed by atoms with van der Waals surface area (Å²) in [5, 5.41) is 0. The molecule has 0 radical (unpaired) electrons. The summed E-state index contributed by atoms with van der Waals surface area (Å²) in [6.45, 7) is 0. The summed E-state index contributed by atoms with van der Waals surface area (Å²) < 4.78 is 78.4. The van der Waals surface area contributed by atoms with Gasteiger partial charge in [-0.25, -0.2) is 26.0 Å². The van der Waals surface area contributed by atoms with Crippen molar-refractivity contribution in [2.45, 2.75) is 4.90 Å². The van der Waals surface area contributed by atoms with Gasteiger partial charge in [0.15, 0.2) is 5.82 Å². The van der Waals surface area contributed by atoms with Crippen LogP contribution < -0.4 is 10.5 Å². The fourth-order valence-electron chi connectivity index (χ4n) is 1.57. The Bertz CT molecular complexity index is 786. The fourth-order valence-corrected chi connectivity index (χ4v) is 2.76. The first-order valence-corrected chi connectivity index (χ1v) is 6.91. The molecular weight excluding hydrogens is 312 g/mol. The van der Waals surface area contributed by atoms with Crippen molar-refractivity contribution in [3.05, 3.63) is 53.6 Å². The molecule has 0 atom stereocenters. The predicted molar refractivity (Wildman–Crippen MR) is 67.9 cm³/mol. The highest BCUT2D eigenvalue weighted by Crippen LogP contribution is 2.27. The molecule has 0 aliphatic carbocycles. The zero-order valence-electron chi connectivity index (χ0n) is 10.2. The number of nitrogen functional groups attached to an aromatic ring is 1. The van der Waals surface area contributed by atoms with Crippen molar-refractivity contribution in [2.75, 3.05) is 10.5 Å². The first-order chi connectivity index (χ1) is 9.70. The zero-order valence-corrected chi connectivity index (χ0v) is 11.0. The lowest BCUT2D eigenvalue weighted by Crippen LogP contribution is -2.17. The molecule has 9 heteroatoms. The quantitative estimate of drug-likeness (QED) is 0.674. The smallest absolute Gasteiger partial charge is 0.265 e. The summed E-state index contributed by atoms with van der Waals surface area (Å²) in [5.41, 5.74) is 4.02. The third-order valence-electron chi connectivity index (χ3n) is 2.50. The Morgan fingerprint density at radius 2 is 1.57 bits per heavy atom. The number of sulfonamides is 1. The molecule has 0 unspecified atom stereocenters. The second-order valence-electron chi connectivity index (χ2n) is 4.03. The number of anilines is 2. The molecule has 2 aromatic carbocycles. The highest BCUT2D eigenvalue weighted by Gasteiger charge is 2.23. The summed E-state index contributed by atoms with van der Waals surface area (Å²) in [7, 11) is -4.63. The maximum Gasteiger partial charge on any atom is 0.265 e. The molecule has 2 rings (SSSR count). The van der Waals surface area contributed by atoms with Gasteiger partial charge in [-0.2, -0.15) is 0 Å². The lowest BCUT2D eigenvalue weighted by Gasteiger charge is -2.12. The number of nitrogens with one attached hydrogen (secondary N) is 1. The zero-order chi connectivity index (χ0) is 15.8. The maximum atomic E-state index is 13.5. The Hall–Kier alpha value is -2.29. The van der Waals surface area contributed by atoms with E-state index in [-0.39, 0.29) is 0 Å². The van der Waals surface area contributed by atoms with Crippen molar-refractivity contribution >= 4 is 21.4 Å². The Morgan fingerprint density at radius 1 is 0.905 bits per heavy atom. The molecular formula is C12H8F4N2O2S. The van der Waals surface area contributed by atoms with Gasteiger partial charge in [-0.05, 0) is 24.3 Å². The molecule has 112 valence electrons. The Morgan fingerprint density at radius 3 is 2.19 bits per heavy atom. The van der Waals surface area contributed by atoms with Gasteiger partial charge in [0.25, 0.3) is 10.0 Å². The van der Waals surface area contributed by atoms with Crippen LogP contribution in [0.5, 0.6) is 0 Å². The number of hydrogen-bond donors (Lipinski definition) is 2. The van der Waals surface area contributed by atoms with Crippen molar-refractivity contribution in [3.63, 3.8) is 0 Å². The minimum atomic E-state index is -4.63. The lowest BCUT2D eigenvalue weighted by atomic mass is 10.2. The second kappa shape index (κ2) is 5.24. The SMILES string of the molecule is Nc1cc(F)cc(F)c1NS(=O)(=O)c1cc(F)ccc1F. The maximum absolute atomic E-state index is 13.5. The average Bonchev–Trinajstić information content (AvgIpc) is 2.36. The molecule has 2 aromatic rings. The van der Waals surface area contributed by atoms with Gasteiger partial charge >= 0.3 is 0 Å². The van der Waals surface area contributed by atoms with Crippen molar-refractivity contribution in [2.24, 2.45) is 0 Å². The standard InChI is InChI=1S/C12H8F4N2O2S/c13-6-1-2-8(15)11(5-6)21(19,20)18-12-9(16)3-7(14)4-10(12)17/h1-5,18H,17H2. The number of halogens is 4. The van der Waals surface area contributed by atoms with E-state index in [9.17, 15) is 26.0 Å². The monoisotopic (exact) mass is 320 g/mol. The summed E-state index contributed by atoms with van der Waals surface area (Å²) in [6.07, 6.45) is 0. The first kappa shape index (κ1) is 15.1. The van der Waals surface area contributed by atoms with E-state index in [1.165, 1.54) is 0 Å². The van der Waals surface area contributed by atoms with E-state index in [0.29, 0.717) is 24.3 Å². The first-order valence-electron chi connectivity index (χ1n) is 5.43. The average molecular weight is 320 g/mol.